The Hall–Kier alpha value is -2.01. The fourth-order valence-corrected chi connectivity index (χ4v) is 5.11. The number of guanidine groups is 1. The summed E-state index contributed by atoms with van der Waals surface area (Å²) >= 11 is 0. The van der Waals surface area contributed by atoms with Gasteiger partial charge in [-0.2, -0.15) is 0 Å². The van der Waals surface area contributed by atoms with Crippen molar-refractivity contribution >= 4 is 16.9 Å². The van der Waals surface area contributed by atoms with Gasteiger partial charge in [-0.1, -0.05) is 18.2 Å². The number of H-pyrrole nitrogens is 1. The number of para-hydroxylation sites is 1. The average molecular weight is 338 g/mol. The molecule has 132 valence electrons. The van der Waals surface area contributed by atoms with Crippen molar-refractivity contribution in [3.05, 3.63) is 36.0 Å². The van der Waals surface area contributed by atoms with Gasteiger partial charge in [-0.15, -0.1) is 0 Å². The van der Waals surface area contributed by atoms with Crippen LogP contribution in [-0.4, -0.2) is 54.7 Å². The van der Waals surface area contributed by atoms with E-state index in [9.17, 15) is 0 Å². The summed E-state index contributed by atoms with van der Waals surface area (Å²) in [6, 6.07) is 8.49. The molecule has 2 N–H and O–H groups in total. The highest BCUT2D eigenvalue weighted by Crippen LogP contribution is 2.47. The first-order valence-corrected chi connectivity index (χ1v) is 9.49. The van der Waals surface area contributed by atoms with E-state index in [0.29, 0.717) is 24.0 Å². The van der Waals surface area contributed by atoms with Gasteiger partial charge in [0.2, 0.25) is 0 Å². The molecule has 3 fully saturated rings. The van der Waals surface area contributed by atoms with Gasteiger partial charge in [0, 0.05) is 55.6 Å². The van der Waals surface area contributed by atoms with Crippen molar-refractivity contribution in [1.82, 2.24) is 15.2 Å². The maximum Gasteiger partial charge on any atom is 0.193 e. The summed E-state index contributed by atoms with van der Waals surface area (Å²) in [7, 11) is 1.90. The third-order valence-electron chi connectivity index (χ3n) is 6.32. The third kappa shape index (κ3) is 2.53. The van der Waals surface area contributed by atoms with E-state index in [4.69, 9.17) is 4.74 Å². The number of ether oxygens (including phenoxy) is 1. The van der Waals surface area contributed by atoms with Gasteiger partial charge in [0.05, 0.1) is 12.2 Å². The van der Waals surface area contributed by atoms with Crippen molar-refractivity contribution in [2.45, 2.75) is 31.5 Å². The van der Waals surface area contributed by atoms with Crippen molar-refractivity contribution in [2.24, 2.45) is 16.8 Å². The van der Waals surface area contributed by atoms with Gasteiger partial charge in [0.15, 0.2) is 5.96 Å². The van der Waals surface area contributed by atoms with E-state index < -0.39 is 0 Å². The normalized spacial score (nSPS) is 31.1. The lowest BCUT2D eigenvalue weighted by Gasteiger charge is -2.23. The molecular formula is C20H26N4O. The van der Waals surface area contributed by atoms with E-state index >= 15 is 0 Å². The summed E-state index contributed by atoms with van der Waals surface area (Å²) in [6.07, 6.45) is 6.65. The van der Waals surface area contributed by atoms with Crippen LogP contribution in [0.15, 0.2) is 35.5 Å². The molecule has 3 aliphatic heterocycles. The molecule has 5 nitrogen and oxygen atoms in total. The maximum atomic E-state index is 6.08. The van der Waals surface area contributed by atoms with Crippen LogP contribution >= 0.6 is 0 Å². The van der Waals surface area contributed by atoms with Crippen LogP contribution in [0.4, 0.5) is 0 Å². The van der Waals surface area contributed by atoms with Crippen molar-refractivity contribution in [2.75, 3.05) is 26.7 Å². The summed E-state index contributed by atoms with van der Waals surface area (Å²) in [4.78, 5) is 10.3. The van der Waals surface area contributed by atoms with Gasteiger partial charge >= 0.3 is 0 Å². The van der Waals surface area contributed by atoms with Crippen LogP contribution in [0.5, 0.6) is 0 Å². The second kappa shape index (κ2) is 6.06. The van der Waals surface area contributed by atoms with E-state index in [1.807, 2.05) is 7.05 Å². The van der Waals surface area contributed by atoms with Crippen molar-refractivity contribution in [3.63, 3.8) is 0 Å². The predicted molar refractivity (Wildman–Crippen MR) is 99.8 cm³/mol. The SMILES string of the molecule is CN=C(NCCc1c[nH]c2ccccc12)N1CC2C3CCC(O3)C2C1. The molecule has 2 bridgehead atoms. The lowest BCUT2D eigenvalue weighted by molar-refractivity contribution is 0.0767. The molecule has 25 heavy (non-hydrogen) atoms. The highest BCUT2D eigenvalue weighted by molar-refractivity contribution is 5.83. The summed E-state index contributed by atoms with van der Waals surface area (Å²) in [5, 5.41) is 4.90. The number of aliphatic imine (C=N–C) groups is 1. The van der Waals surface area contributed by atoms with Crippen molar-refractivity contribution in [1.29, 1.82) is 0 Å². The molecule has 0 saturated carbocycles. The molecule has 4 atom stereocenters. The highest BCUT2D eigenvalue weighted by atomic mass is 16.5. The monoisotopic (exact) mass is 338 g/mol. The molecule has 0 amide bonds. The number of nitrogens with zero attached hydrogens (tertiary/aromatic N) is 2. The number of rotatable bonds is 3. The summed E-state index contributed by atoms with van der Waals surface area (Å²) in [6.45, 7) is 3.10. The molecule has 1 aromatic carbocycles. The largest absolute Gasteiger partial charge is 0.374 e. The Balaban J connectivity index is 1.20. The summed E-state index contributed by atoms with van der Waals surface area (Å²) < 4.78 is 6.08. The summed E-state index contributed by atoms with van der Waals surface area (Å²) in [5.41, 5.74) is 2.58. The number of nitrogens with one attached hydrogen (secondary N) is 2. The number of hydrogen-bond acceptors (Lipinski definition) is 2. The zero-order valence-corrected chi connectivity index (χ0v) is 14.7. The van der Waals surface area contributed by atoms with E-state index in [-0.39, 0.29) is 0 Å². The topological polar surface area (TPSA) is 52.7 Å². The Morgan fingerprint density at radius 1 is 1.24 bits per heavy atom. The Morgan fingerprint density at radius 2 is 2.00 bits per heavy atom. The van der Waals surface area contributed by atoms with Crippen LogP contribution in [-0.2, 0) is 11.2 Å². The van der Waals surface area contributed by atoms with Crippen LogP contribution in [0.2, 0.25) is 0 Å². The first-order valence-electron chi connectivity index (χ1n) is 9.49. The standard InChI is InChI=1S/C20H26N4O/c1-21-20(24-11-15-16(12-24)19-7-6-18(15)25-19)22-9-8-13-10-23-17-5-3-2-4-14(13)17/h2-5,10,15-16,18-19,23H,6-9,11-12H2,1H3,(H,21,22). The molecule has 0 radical (unpaired) electrons. The fraction of sp³-hybridized carbons (Fsp3) is 0.550. The molecule has 0 spiro atoms. The number of hydrogen-bond donors (Lipinski definition) is 2. The highest BCUT2D eigenvalue weighted by Gasteiger charge is 2.53. The van der Waals surface area contributed by atoms with Gasteiger partial charge in [-0.25, -0.2) is 0 Å². The van der Waals surface area contributed by atoms with Crippen LogP contribution in [0.3, 0.4) is 0 Å². The molecule has 4 heterocycles. The lowest BCUT2D eigenvalue weighted by atomic mass is 9.82. The molecule has 1 aromatic heterocycles. The van der Waals surface area contributed by atoms with E-state index in [0.717, 1.165) is 32.0 Å². The van der Waals surface area contributed by atoms with Crippen molar-refractivity contribution in [3.8, 4) is 0 Å². The van der Waals surface area contributed by atoms with E-state index in [1.54, 1.807) is 0 Å². The minimum absolute atomic E-state index is 0.504. The molecular weight excluding hydrogens is 312 g/mol. The quantitative estimate of drug-likeness (QED) is 0.667. The van der Waals surface area contributed by atoms with Crippen LogP contribution in [0.1, 0.15) is 18.4 Å². The zero-order chi connectivity index (χ0) is 16.8. The van der Waals surface area contributed by atoms with E-state index in [1.165, 1.54) is 29.3 Å². The number of benzene rings is 1. The van der Waals surface area contributed by atoms with Crippen LogP contribution in [0.25, 0.3) is 10.9 Å². The molecule has 3 aliphatic rings. The number of fused-ring (bicyclic) bond motifs is 6. The Labute approximate surface area is 148 Å². The Kier molecular flexibility index (Phi) is 3.70. The van der Waals surface area contributed by atoms with Gasteiger partial charge in [-0.05, 0) is 30.9 Å². The van der Waals surface area contributed by atoms with E-state index in [2.05, 4.69) is 50.7 Å². The smallest absolute Gasteiger partial charge is 0.193 e. The minimum Gasteiger partial charge on any atom is -0.374 e. The molecule has 5 heteroatoms. The molecule has 0 aliphatic carbocycles. The van der Waals surface area contributed by atoms with Gasteiger partial charge in [0.25, 0.3) is 0 Å². The molecule has 2 aromatic rings. The van der Waals surface area contributed by atoms with Crippen molar-refractivity contribution < 1.29 is 4.74 Å². The first-order chi connectivity index (χ1) is 12.3. The van der Waals surface area contributed by atoms with Gasteiger partial charge in [-0.3, -0.25) is 4.99 Å². The average Bonchev–Trinajstić information content (AvgIpc) is 3.39. The Bertz CT molecular complexity index is 780. The first kappa shape index (κ1) is 15.3. The third-order valence-corrected chi connectivity index (χ3v) is 6.32. The molecule has 5 rings (SSSR count). The second-order valence-electron chi connectivity index (χ2n) is 7.61. The zero-order valence-electron chi connectivity index (χ0n) is 14.7. The van der Waals surface area contributed by atoms with Crippen LogP contribution < -0.4 is 5.32 Å². The fourth-order valence-electron chi connectivity index (χ4n) is 5.11. The lowest BCUT2D eigenvalue weighted by Crippen LogP contribution is -2.42. The molecule has 4 unspecified atom stereocenters. The molecule has 3 saturated heterocycles. The predicted octanol–water partition coefficient (Wildman–Crippen LogP) is 2.40. The van der Waals surface area contributed by atoms with Gasteiger partial charge in [0.1, 0.15) is 0 Å². The van der Waals surface area contributed by atoms with Crippen LogP contribution in [0, 0.1) is 11.8 Å². The minimum atomic E-state index is 0.504. The summed E-state index contributed by atoms with van der Waals surface area (Å²) in [5.74, 6) is 2.48. The maximum absolute atomic E-state index is 6.08. The Morgan fingerprint density at radius 3 is 2.76 bits per heavy atom. The number of likely N-dealkylation sites (tertiary alicyclic amines) is 1. The number of aromatic amines is 1. The number of aromatic nitrogens is 1. The van der Waals surface area contributed by atoms with Gasteiger partial charge < -0.3 is 19.9 Å². The second-order valence-corrected chi connectivity index (χ2v) is 7.61.